The fraction of sp³-hybridized carbons (Fsp3) is 0.429. The van der Waals surface area contributed by atoms with Crippen LogP contribution in [0.4, 0.5) is 5.69 Å². The van der Waals surface area contributed by atoms with E-state index in [4.69, 9.17) is 4.74 Å². The van der Waals surface area contributed by atoms with E-state index in [1.54, 1.807) is 4.90 Å². The number of hydrogen-bond donors (Lipinski definition) is 1. The van der Waals surface area contributed by atoms with Crippen molar-refractivity contribution in [2.45, 2.75) is 19.4 Å². The Balaban J connectivity index is 2.01. The van der Waals surface area contributed by atoms with Gasteiger partial charge in [0.25, 0.3) is 0 Å². The largest absolute Gasteiger partial charge is 0.375 e. The van der Waals surface area contributed by atoms with Crippen molar-refractivity contribution in [3.63, 3.8) is 0 Å². The third kappa shape index (κ3) is 3.12. The summed E-state index contributed by atoms with van der Waals surface area (Å²) in [5.41, 5.74) is 2.03. The minimum Gasteiger partial charge on any atom is -0.375 e. The van der Waals surface area contributed by atoms with Gasteiger partial charge in [0.2, 0.25) is 11.8 Å². The highest BCUT2D eigenvalue weighted by molar-refractivity contribution is 6.01. The summed E-state index contributed by atoms with van der Waals surface area (Å²) in [6.07, 6.45) is 0.627. The first-order chi connectivity index (χ1) is 9.11. The van der Waals surface area contributed by atoms with E-state index in [1.165, 1.54) is 7.11 Å². The van der Waals surface area contributed by atoms with Crippen LogP contribution in [0.2, 0.25) is 0 Å². The van der Waals surface area contributed by atoms with Gasteiger partial charge in [0.05, 0.1) is 0 Å². The van der Waals surface area contributed by atoms with Crippen LogP contribution in [-0.2, 0) is 14.3 Å². The third-order valence-corrected chi connectivity index (χ3v) is 3.16. The second kappa shape index (κ2) is 5.84. The molecular formula is C14H18N2O3. The van der Waals surface area contributed by atoms with E-state index >= 15 is 0 Å². The number of nitrogens with one attached hydrogen (secondary N) is 1. The maximum absolute atomic E-state index is 12.2. The predicted octanol–water partition coefficient (Wildman–Crippen LogP) is 0.863. The molecule has 5 heteroatoms. The van der Waals surface area contributed by atoms with Crippen molar-refractivity contribution < 1.29 is 14.3 Å². The summed E-state index contributed by atoms with van der Waals surface area (Å²) in [6, 6.07) is 7.35. The third-order valence-electron chi connectivity index (χ3n) is 3.16. The Morgan fingerprint density at radius 2 is 2.11 bits per heavy atom. The molecule has 2 amide bonds. The van der Waals surface area contributed by atoms with Gasteiger partial charge in [0.1, 0.15) is 12.6 Å². The molecule has 19 heavy (non-hydrogen) atoms. The Labute approximate surface area is 112 Å². The molecule has 0 aromatic heterocycles. The minimum absolute atomic E-state index is 0.0195. The van der Waals surface area contributed by atoms with Crippen molar-refractivity contribution in [2.24, 2.45) is 0 Å². The molecule has 1 unspecified atom stereocenters. The van der Waals surface area contributed by atoms with Crippen LogP contribution in [0.25, 0.3) is 0 Å². The number of rotatable bonds is 4. The Hall–Kier alpha value is -1.88. The number of ether oxygens (including phenoxy) is 1. The standard InChI is InChI=1S/C14H18N2O3/c1-10-3-5-11(6-4-10)16-8-7-12(14(16)18)15-13(17)9-19-2/h3-6,12H,7-9H2,1-2H3,(H,15,17). The number of nitrogens with zero attached hydrogens (tertiary/aromatic N) is 1. The lowest BCUT2D eigenvalue weighted by Gasteiger charge is -2.17. The van der Waals surface area contributed by atoms with E-state index in [0.29, 0.717) is 13.0 Å². The average Bonchev–Trinajstić information content (AvgIpc) is 2.73. The number of carbonyl (C=O) groups is 2. The number of anilines is 1. The topological polar surface area (TPSA) is 58.6 Å². The van der Waals surface area contributed by atoms with Crippen LogP contribution in [0.5, 0.6) is 0 Å². The second-order valence-corrected chi connectivity index (χ2v) is 4.67. The van der Waals surface area contributed by atoms with Crippen LogP contribution in [-0.4, -0.2) is 38.1 Å². The Kier molecular flexibility index (Phi) is 4.16. The van der Waals surface area contributed by atoms with Crippen LogP contribution in [0.3, 0.4) is 0 Å². The van der Waals surface area contributed by atoms with Gasteiger partial charge in [0.15, 0.2) is 0 Å². The van der Waals surface area contributed by atoms with Crippen LogP contribution in [0.1, 0.15) is 12.0 Å². The summed E-state index contributed by atoms with van der Waals surface area (Å²) in [5, 5.41) is 2.69. The molecule has 1 aliphatic heterocycles. The highest BCUT2D eigenvalue weighted by Gasteiger charge is 2.33. The molecule has 0 bridgehead atoms. The first-order valence-electron chi connectivity index (χ1n) is 6.28. The average molecular weight is 262 g/mol. The zero-order valence-corrected chi connectivity index (χ0v) is 11.2. The molecule has 1 aromatic carbocycles. The fourth-order valence-corrected chi connectivity index (χ4v) is 2.16. The molecule has 2 rings (SSSR count). The van der Waals surface area contributed by atoms with Crippen molar-refractivity contribution in [1.29, 1.82) is 0 Å². The monoisotopic (exact) mass is 262 g/mol. The Bertz CT molecular complexity index is 470. The van der Waals surface area contributed by atoms with Gasteiger partial charge in [-0.3, -0.25) is 9.59 Å². The maximum Gasteiger partial charge on any atom is 0.249 e. The van der Waals surface area contributed by atoms with Crippen molar-refractivity contribution >= 4 is 17.5 Å². The molecule has 0 aliphatic carbocycles. The first kappa shape index (κ1) is 13.5. The zero-order valence-electron chi connectivity index (χ0n) is 11.2. The number of benzene rings is 1. The summed E-state index contributed by atoms with van der Waals surface area (Å²) in [4.78, 5) is 25.3. The number of methoxy groups -OCH3 is 1. The van der Waals surface area contributed by atoms with E-state index in [1.807, 2.05) is 31.2 Å². The summed E-state index contributed by atoms with van der Waals surface area (Å²) in [7, 11) is 1.45. The van der Waals surface area contributed by atoms with E-state index < -0.39 is 6.04 Å². The highest BCUT2D eigenvalue weighted by Crippen LogP contribution is 2.21. The summed E-state index contributed by atoms with van der Waals surface area (Å²) < 4.78 is 4.74. The lowest BCUT2D eigenvalue weighted by molar-refractivity contribution is -0.128. The smallest absolute Gasteiger partial charge is 0.249 e. The van der Waals surface area contributed by atoms with Gasteiger partial charge in [-0.15, -0.1) is 0 Å². The van der Waals surface area contributed by atoms with Gasteiger partial charge >= 0.3 is 0 Å². The molecule has 1 saturated heterocycles. The van der Waals surface area contributed by atoms with Gasteiger partial charge in [0, 0.05) is 19.3 Å². The van der Waals surface area contributed by atoms with Gasteiger partial charge in [-0.05, 0) is 25.5 Å². The molecule has 0 spiro atoms. The van der Waals surface area contributed by atoms with Crippen LogP contribution < -0.4 is 10.2 Å². The normalized spacial score (nSPS) is 18.7. The summed E-state index contributed by atoms with van der Waals surface area (Å²) >= 11 is 0. The predicted molar refractivity (Wildman–Crippen MR) is 72.0 cm³/mol. The number of amides is 2. The zero-order chi connectivity index (χ0) is 13.8. The van der Waals surface area contributed by atoms with Crippen molar-refractivity contribution in [2.75, 3.05) is 25.2 Å². The highest BCUT2D eigenvalue weighted by atomic mass is 16.5. The van der Waals surface area contributed by atoms with Gasteiger partial charge in [-0.1, -0.05) is 17.7 Å². The Morgan fingerprint density at radius 3 is 2.74 bits per heavy atom. The lowest BCUT2D eigenvalue weighted by Crippen LogP contribution is -2.42. The van der Waals surface area contributed by atoms with Crippen molar-refractivity contribution in [3.8, 4) is 0 Å². The maximum atomic E-state index is 12.2. The molecule has 102 valence electrons. The number of hydrogen-bond acceptors (Lipinski definition) is 3. The first-order valence-corrected chi connectivity index (χ1v) is 6.28. The molecule has 1 aliphatic rings. The molecule has 5 nitrogen and oxygen atoms in total. The molecule has 1 N–H and O–H groups in total. The van der Waals surface area contributed by atoms with E-state index in [2.05, 4.69) is 5.32 Å². The van der Waals surface area contributed by atoms with Crippen molar-refractivity contribution in [3.05, 3.63) is 29.8 Å². The van der Waals surface area contributed by atoms with Gasteiger partial charge in [-0.25, -0.2) is 0 Å². The molecular weight excluding hydrogens is 244 g/mol. The molecule has 1 fully saturated rings. The quantitative estimate of drug-likeness (QED) is 0.875. The van der Waals surface area contributed by atoms with Crippen molar-refractivity contribution in [1.82, 2.24) is 5.32 Å². The lowest BCUT2D eigenvalue weighted by atomic mass is 10.2. The van der Waals surface area contributed by atoms with Crippen LogP contribution >= 0.6 is 0 Å². The molecule has 1 atom stereocenters. The number of aryl methyl sites for hydroxylation is 1. The van der Waals surface area contributed by atoms with E-state index in [0.717, 1.165) is 11.3 Å². The van der Waals surface area contributed by atoms with Crippen LogP contribution in [0.15, 0.2) is 24.3 Å². The molecule has 0 saturated carbocycles. The second-order valence-electron chi connectivity index (χ2n) is 4.67. The molecule has 1 heterocycles. The number of carbonyl (C=O) groups excluding carboxylic acids is 2. The minimum atomic E-state index is -0.441. The van der Waals surface area contributed by atoms with E-state index in [-0.39, 0.29) is 18.4 Å². The van der Waals surface area contributed by atoms with E-state index in [9.17, 15) is 9.59 Å². The fourth-order valence-electron chi connectivity index (χ4n) is 2.16. The summed E-state index contributed by atoms with van der Waals surface area (Å²) in [5.74, 6) is -0.320. The Morgan fingerprint density at radius 1 is 1.42 bits per heavy atom. The molecule has 1 aromatic rings. The SMILES string of the molecule is COCC(=O)NC1CCN(c2ccc(C)cc2)C1=O. The van der Waals surface area contributed by atoms with Crippen LogP contribution in [0, 0.1) is 6.92 Å². The molecule has 0 radical (unpaired) electrons. The van der Waals surface area contributed by atoms with Gasteiger partial charge in [-0.2, -0.15) is 0 Å². The van der Waals surface area contributed by atoms with Gasteiger partial charge < -0.3 is 15.0 Å². The summed E-state index contributed by atoms with van der Waals surface area (Å²) in [6.45, 7) is 2.61.